The molecule has 1 atom stereocenters. The third-order valence-electron chi connectivity index (χ3n) is 3.53. The van der Waals surface area contributed by atoms with Crippen LogP contribution in [0.4, 0.5) is 8.78 Å². The monoisotopic (exact) mass is 332 g/mol. The van der Waals surface area contributed by atoms with Gasteiger partial charge in [0.15, 0.2) is 5.60 Å². The Labute approximate surface area is 133 Å². The first-order valence-corrected chi connectivity index (χ1v) is 7.42. The van der Waals surface area contributed by atoms with Crippen LogP contribution in [0.5, 0.6) is 5.75 Å². The SMILES string of the molecule is CC(C)(Oc1ccc(Cl)cc1)C(=O)N[C@@H]1CNCCC1(F)F. The van der Waals surface area contributed by atoms with Gasteiger partial charge in [0.2, 0.25) is 0 Å². The Bertz CT molecular complexity index is 535. The molecule has 4 nitrogen and oxygen atoms in total. The number of ether oxygens (including phenoxy) is 1. The van der Waals surface area contributed by atoms with E-state index in [1.807, 2.05) is 0 Å². The molecule has 0 unspecified atom stereocenters. The Kier molecular flexibility index (Phi) is 4.92. The summed E-state index contributed by atoms with van der Waals surface area (Å²) < 4.78 is 33.1. The number of nitrogens with one attached hydrogen (secondary N) is 2. The maximum atomic E-state index is 13.8. The fourth-order valence-corrected chi connectivity index (χ4v) is 2.28. The molecule has 2 rings (SSSR count). The van der Waals surface area contributed by atoms with Gasteiger partial charge in [-0.05, 0) is 38.1 Å². The lowest BCUT2D eigenvalue weighted by Crippen LogP contribution is -2.61. The topological polar surface area (TPSA) is 50.4 Å². The summed E-state index contributed by atoms with van der Waals surface area (Å²) in [6.07, 6.45) is -0.295. The molecule has 1 aliphatic heterocycles. The highest BCUT2D eigenvalue weighted by Gasteiger charge is 2.44. The van der Waals surface area contributed by atoms with Crippen LogP contribution in [0.15, 0.2) is 24.3 Å². The second-order valence-electron chi connectivity index (χ2n) is 5.81. The molecule has 0 saturated carbocycles. The molecule has 1 fully saturated rings. The number of benzene rings is 1. The van der Waals surface area contributed by atoms with Crippen molar-refractivity contribution in [3.05, 3.63) is 29.3 Å². The minimum absolute atomic E-state index is 0.0375. The van der Waals surface area contributed by atoms with E-state index < -0.39 is 23.5 Å². The van der Waals surface area contributed by atoms with Crippen molar-refractivity contribution in [1.82, 2.24) is 10.6 Å². The van der Waals surface area contributed by atoms with E-state index in [-0.39, 0.29) is 19.5 Å². The highest BCUT2D eigenvalue weighted by atomic mass is 35.5. The molecule has 1 heterocycles. The van der Waals surface area contributed by atoms with Crippen LogP contribution in [0.2, 0.25) is 5.02 Å². The molecule has 122 valence electrons. The van der Waals surface area contributed by atoms with Crippen molar-refractivity contribution in [3.63, 3.8) is 0 Å². The first-order chi connectivity index (χ1) is 10.2. The van der Waals surface area contributed by atoms with Gasteiger partial charge >= 0.3 is 0 Å². The van der Waals surface area contributed by atoms with E-state index in [1.54, 1.807) is 24.3 Å². The summed E-state index contributed by atoms with van der Waals surface area (Å²) >= 11 is 5.78. The van der Waals surface area contributed by atoms with Gasteiger partial charge in [0.05, 0.1) is 0 Å². The van der Waals surface area contributed by atoms with Gasteiger partial charge in [-0.15, -0.1) is 0 Å². The number of halogens is 3. The molecule has 1 amide bonds. The highest BCUT2D eigenvalue weighted by molar-refractivity contribution is 6.30. The van der Waals surface area contributed by atoms with E-state index in [0.717, 1.165) is 0 Å². The molecule has 1 aliphatic rings. The van der Waals surface area contributed by atoms with Crippen LogP contribution in [-0.4, -0.2) is 36.6 Å². The number of amides is 1. The quantitative estimate of drug-likeness (QED) is 0.891. The Morgan fingerprint density at radius 3 is 2.64 bits per heavy atom. The van der Waals surface area contributed by atoms with Crippen molar-refractivity contribution in [1.29, 1.82) is 0 Å². The van der Waals surface area contributed by atoms with Crippen LogP contribution < -0.4 is 15.4 Å². The molecule has 0 bridgehead atoms. The summed E-state index contributed by atoms with van der Waals surface area (Å²) in [4.78, 5) is 12.3. The van der Waals surface area contributed by atoms with E-state index in [2.05, 4.69) is 10.6 Å². The van der Waals surface area contributed by atoms with Gasteiger partial charge in [0.25, 0.3) is 11.8 Å². The molecule has 0 radical (unpaired) electrons. The standard InChI is InChI=1S/C15H19ClF2N2O2/c1-14(2,22-11-5-3-10(16)4-6-11)13(21)20-12-9-19-8-7-15(12,17)18/h3-6,12,19H,7-9H2,1-2H3,(H,20,21)/t12-/m1/s1. The number of rotatable bonds is 4. The Hall–Kier alpha value is -1.40. The molecule has 1 aromatic carbocycles. The summed E-state index contributed by atoms with van der Waals surface area (Å²) in [5.41, 5.74) is -1.28. The van der Waals surface area contributed by atoms with Crippen molar-refractivity contribution < 1.29 is 18.3 Å². The largest absolute Gasteiger partial charge is 0.478 e. The minimum Gasteiger partial charge on any atom is -0.478 e. The van der Waals surface area contributed by atoms with Gasteiger partial charge in [-0.3, -0.25) is 4.79 Å². The number of carbonyl (C=O) groups is 1. The summed E-state index contributed by atoms with van der Waals surface area (Å²) in [5.74, 6) is -3.06. The normalized spacial score (nSPS) is 21.2. The van der Waals surface area contributed by atoms with Crippen LogP contribution in [0.3, 0.4) is 0 Å². The maximum absolute atomic E-state index is 13.8. The number of piperidine rings is 1. The number of carbonyl (C=O) groups excluding carboxylic acids is 1. The van der Waals surface area contributed by atoms with Crippen molar-refractivity contribution >= 4 is 17.5 Å². The van der Waals surface area contributed by atoms with Gasteiger partial charge in [0, 0.05) is 24.5 Å². The lowest BCUT2D eigenvalue weighted by molar-refractivity contribution is -0.139. The van der Waals surface area contributed by atoms with Gasteiger partial charge in [-0.25, -0.2) is 8.78 Å². The number of hydrogen-bond donors (Lipinski definition) is 2. The van der Waals surface area contributed by atoms with Crippen molar-refractivity contribution in [3.8, 4) is 5.75 Å². The average molecular weight is 333 g/mol. The summed E-state index contributed by atoms with van der Waals surface area (Å²) in [6.45, 7) is 3.34. The second kappa shape index (κ2) is 6.38. The minimum atomic E-state index is -2.92. The van der Waals surface area contributed by atoms with E-state index in [1.165, 1.54) is 13.8 Å². The summed E-state index contributed by atoms with van der Waals surface area (Å²) in [5, 5.41) is 5.78. The van der Waals surface area contributed by atoms with Crippen molar-refractivity contribution in [2.45, 2.75) is 37.8 Å². The van der Waals surface area contributed by atoms with Crippen LogP contribution in [-0.2, 0) is 4.79 Å². The molecule has 1 saturated heterocycles. The molecule has 2 N–H and O–H groups in total. The summed E-state index contributed by atoms with van der Waals surface area (Å²) in [7, 11) is 0. The lowest BCUT2D eigenvalue weighted by Gasteiger charge is -2.35. The molecule has 0 aromatic heterocycles. The molecule has 1 aromatic rings. The summed E-state index contributed by atoms with van der Waals surface area (Å²) in [6, 6.07) is 5.26. The Balaban J connectivity index is 2.02. The predicted octanol–water partition coefficient (Wildman–Crippen LogP) is 2.61. The maximum Gasteiger partial charge on any atom is 0.270 e. The first kappa shape index (κ1) is 17.0. The fraction of sp³-hybridized carbons (Fsp3) is 0.533. The Morgan fingerprint density at radius 1 is 1.41 bits per heavy atom. The first-order valence-electron chi connectivity index (χ1n) is 7.05. The lowest BCUT2D eigenvalue weighted by atomic mass is 10.0. The molecule has 7 heteroatoms. The molecule has 0 spiro atoms. The van der Waals surface area contributed by atoms with E-state index in [9.17, 15) is 13.6 Å². The predicted molar refractivity (Wildman–Crippen MR) is 80.5 cm³/mol. The van der Waals surface area contributed by atoms with Gasteiger partial charge in [-0.1, -0.05) is 11.6 Å². The fourth-order valence-electron chi connectivity index (χ4n) is 2.16. The van der Waals surface area contributed by atoms with E-state index >= 15 is 0 Å². The molecule has 22 heavy (non-hydrogen) atoms. The third-order valence-corrected chi connectivity index (χ3v) is 3.78. The Morgan fingerprint density at radius 2 is 2.05 bits per heavy atom. The number of hydrogen-bond acceptors (Lipinski definition) is 3. The zero-order valence-corrected chi connectivity index (χ0v) is 13.2. The second-order valence-corrected chi connectivity index (χ2v) is 6.24. The van der Waals surface area contributed by atoms with Crippen LogP contribution >= 0.6 is 11.6 Å². The molecular formula is C15H19ClF2N2O2. The van der Waals surface area contributed by atoms with Crippen molar-refractivity contribution in [2.24, 2.45) is 0 Å². The van der Waals surface area contributed by atoms with Crippen LogP contribution in [0, 0.1) is 0 Å². The van der Waals surface area contributed by atoms with Gasteiger partial charge < -0.3 is 15.4 Å². The van der Waals surface area contributed by atoms with E-state index in [4.69, 9.17) is 16.3 Å². The highest BCUT2D eigenvalue weighted by Crippen LogP contribution is 2.26. The van der Waals surface area contributed by atoms with E-state index in [0.29, 0.717) is 10.8 Å². The van der Waals surface area contributed by atoms with Crippen molar-refractivity contribution in [2.75, 3.05) is 13.1 Å². The van der Waals surface area contributed by atoms with Crippen LogP contribution in [0.1, 0.15) is 20.3 Å². The zero-order valence-electron chi connectivity index (χ0n) is 12.5. The third kappa shape index (κ3) is 4.08. The number of alkyl halides is 2. The van der Waals surface area contributed by atoms with Crippen LogP contribution in [0.25, 0.3) is 0 Å². The molecule has 0 aliphatic carbocycles. The zero-order chi connectivity index (χ0) is 16.4. The smallest absolute Gasteiger partial charge is 0.270 e. The van der Waals surface area contributed by atoms with Gasteiger partial charge in [-0.2, -0.15) is 0 Å². The van der Waals surface area contributed by atoms with Gasteiger partial charge in [0.1, 0.15) is 11.8 Å². The average Bonchev–Trinajstić information content (AvgIpc) is 2.43. The molecular weight excluding hydrogens is 314 g/mol.